The van der Waals surface area contributed by atoms with Gasteiger partial charge in [0.2, 0.25) is 0 Å². The maximum atomic E-state index is 12.5. The fraction of sp³-hybridized carbons (Fsp3) is 0.294. The van der Waals surface area contributed by atoms with Crippen LogP contribution in [-0.2, 0) is 6.54 Å². The van der Waals surface area contributed by atoms with E-state index in [0.717, 1.165) is 32.7 Å². The van der Waals surface area contributed by atoms with Gasteiger partial charge >= 0.3 is 0 Å². The van der Waals surface area contributed by atoms with E-state index < -0.39 is 0 Å². The monoisotopic (exact) mass is 311 g/mol. The molecule has 2 heterocycles. The average Bonchev–Trinajstić information content (AvgIpc) is 3.08. The highest BCUT2D eigenvalue weighted by atomic mass is 32.1. The van der Waals surface area contributed by atoms with Crippen molar-refractivity contribution in [3.05, 3.63) is 57.8 Å². The predicted octanol–water partition coefficient (Wildman–Crippen LogP) is 2.58. The summed E-state index contributed by atoms with van der Waals surface area (Å²) in [6, 6.07) is 11.2. The van der Waals surface area contributed by atoms with Crippen LogP contribution in [0.3, 0.4) is 0 Å². The Bertz CT molecular complexity index is 682. The second kappa shape index (κ2) is 6.73. The van der Waals surface area contributed by atoms with Gasteiger partial charge in [0.15, 0.2) is 0 Å². The molecule has 1 aromatic carbocycles. The van der Waals surface area contributed by atoms with Crippen LogP contribution in [0.4, 0.5) is 0 Å². The smallest absolute Gasteiger partial charge is 0.253 e. The number of carbonyl (C=O) groups excluding carboxylic acids is 1. The van der Waals surface area contributed by atoms with Gasteiger partial charge in [-0.3, -0.25) is 9.69 Å². The van der Waals surface area contributed by atoms with Crippen molar-refractivity contribution >= 4 is 17.2 Å². The van der Waals surface area contributed by atoms with Gasteiger partial charge in [-0.25, -0.2) is 0 Å². The zero-order valence-electron chi connectivity index (χ0n) is 12.2. The van der Waals surface area contributed by atoms with E-state index in [2.05, 4.69) is 27.8 Å². The van der Waals surface area contributed by atoms with E-state index in [-0.39, 0.29) is 5.91 Å². The van der Waals surface area contributed by atoms with Gasteiger partial charge in [-0.05, 0) is 40.6 Å². The van der Waals surface area contributed by atoms with Crippen molar-refractivity contribution < 1.29 is 4.79 Å². The number of carbonyl (C=O) groups is 1. The van der Waals surface area contributed by atoms with E-state index in [1.165, 1.54) is 5.56 Å². The van der Waals surface area contributed by atoms with E-state index in [1.54, 1.807) is 35.6 Å². The van der Waals surface area contributed by atoms with Crippen molar-refractivity contribution in [2.75, 3.05) is 26.2 Å². The molecule has 4 nitrogen and oxygen atoms in total. The standard InChI is InChI=1S/C17H17N3OS/c18-11-14-2-1-3-16(10-14)17(21)20-7-5-19(6-8-20)12-15-4-9-22-13-15/h1-4,9-10,13H,5-8,12H2. The highest BCUT2D eigenvalue weighted by Gasteiger charge is 2.22. The normalized spacial score (nSPS) is 15.5. The van der Waals surface area contributed by atoms with Gasteiger partial charge in [0.25, 0.3) is 5.91 Å². The lowest BCUT2D eigenvalue weighted by Crippen LogP contribution is -2.48. The first-order valence-electron chi connectivity index (χ1n) is 7.29. The Morgan fingerprint density at radius 1 is 1.23 bits per heavy atom. The number of hydrogen-bond acceptors (Lipinski definition) is 4. The number of thiophene rings is 1. The average molecular weight is 311 g/mol. The van der Waals surface area contributed by atoms with Crippen LogP contribution in [0, 0.1) is 11.3 Å². The SMILES string of the molecule is N#Cc1cccc(C(=O)N2CCN(Cc3ccsc3)CC2)c1. The first-order valence-corrected chi connectivity index (χ1v) is 8.23. The Morgan fingerprint density at radius 3 is 2.73 bits per heavy atom. The molecule has 0 unspecified atom stereocenters. The molecule has 1 saturated heterocycles. The summed E-state index contributed by atoms with van der Waals surface area (Å²) in [7, 11) is 0. The fourth-order valence-corrected chi connectivity index (χ4v) is 3.31. The van der Waals surface area contributed by atoms with E-state index in [0.29, 0.717) is 11.1 Å². The van der Waals surface area contributed by atoms with Crippen molar-refractivity contribution in [1.82, 2.24) is 9.80 Å². The zero-order valence-corrected chi connectivity index (χ0v) is 13.1. The lowest BCUT2D eigenvalue weighted by Gasteiger charge is -2.34. The zero-order chi connectivity index (χ0) is 15.4. The van der Waals surface area contributed by atoms with Crippen LogP contribution < -0.4 is 0 Å². The highest BCUT2D eigenvalue weighted by molar-refractivity contribution is 7.07. The number of rotatable bonds is 3. The van der Waals surface area contributed by atoms with Crippen LogP contribution >= 0.6 is 11.3 Å². The number of benzene rings is 1. The Labute approximate surface area is 134 Å². The lowest BCUT2D eigenvalue weighted by atomic mass is 10.1. The molecule has 22 heavy (non-hydrogen) atoms. The summed E-state index contributed by atoms with van der Waals surface area (Å²) in [4.78, 5) is 16.7. The largest absolute Gasteiger partial charge is 0.336 e. The molecule has 0 spiro atoms. The maximum Gasteiger partial charge on any atom is 0.253 e. The fourth-order valence-electron chi connectivity index (χ4n) is 2.65. The van der Waals surface area contributed by atoms with Crippen molar-refractivity contribution in [2.24, 2.45) is 0 Å². The quantitative estimate of drug-likeness (QED) is 0.875. The van der Waals surface area contributed by atoms with Gasteiger partial charge in [-0.1, -0.05) is 6.07 Å². The van der Waals surface area contributed by atoms with Crippen LogP contribution in [0.5, 0.6) is 0 Å². The van der Waals surface area contributed by atoms with Crippen molar-refractivity contribution in [3.8, 4) is 6.07 Å². The topological polar surface area (TPSA) is 47.3 Å². The van der Waals surface area contributed by atoms with E-state index >= 15 is 0 Å². The van der Waals surface area contributed by atoms with Crippen LogP contribution in [0.1, 0.15) is 21.5 Å². The number of amides is 1. The van der Waals surface area contributed by atoms with Crippen LogP contribution in [-0.4, -0.2) is 41.9 Å². The molecule has 3 rings (SSSR count). The summed E-state index contributed by atoms with van der Waals surface area (Å²) in [5.74, 6) is 0.0206. The van der Waals surface area contributed by atoms with Crippen LogP contribution in [0.2, 0.25) is 0 Å². The van der Waals surface area contributed by atoms with Gasteiger partial charge in [0.1, 0.15) is 0 Å². The summed E-state index contributed by atoms with van der Waals surface area (Å²) < 4.78 is 0. The summed E-state index contributed by atoms with van der Waals surface area (Å²) >= 11 is 1.72. The summed E-state index contributed by atoms with van der Waals surface area (Å²) in [5.41, 5.74) is 2.47. The van der Waals surface area contributed by atoms with Crippen molar-refractivity contribution in [3.63, 3.8) is 0 Å². The van der Waals surface area contributed by atoms with Crippen LogP contribution in [0.25, 0.3) is 0 Å². The second-order valence-corrected chi connectivity index (χ2v) is 6.17. The number of nitrogens with zero attached hydrogens (tertiary/aromatic N) is 3. The van der Waals surface area contributed by atoms with Gasteiger partial charge in [0, 0.05) is 38.3 Å². The summed E-state index contributed by atoms with van der Waals surface area (Å²) in [6.45, 7) is 4.20. The summed E-state index contributed by atoms with van der Waals surface area (Å²) in [6.07, 6.45) is 0. The number of nitriles is 1. The molecule has 1 fully saturated rings. The second-order valence-electron chi connectivity index (χ2n) is 5.39. The third-order valence-electron chi connectivity index (χ3n) is 3.88. The molecular weight excluding hydrogens is 294 g/mol. The van der Waals surface area contributed by atoms with E-state index in [4.69, 9.17) is 5.26 Å². The van der Waals surface area contributed by atoms with Crippen molar-refractivity contribution in [1.29, 1.82) is 5.26 Å². The number of piperazine rings is 1. The van der Waals surface area contributed by atoms with E-state index in [9.17, 15) is 4.79 Å². The molecule has 1 aliphatic rings. The molecule has 1 aromatic heterocycles. The van der Waals surface area contributed by atoms with Gasteiger partial charge in [-0.2, -0.15) is 16.6 Å². The molecule has 0 radical (unpaired) electrons. The van der Waals surface area contributed by atoms with Crippen molar-refractivity contribution in [2.45, 2.75) is 6.54 Å². The van der Waals surface area contributed by atoms with Gasteiger partial charge in [-0.15, -0.1) is 0 Å². The first kappa shape index (κ1) is 14.8. The van der Waals surface area contributed by atoms with Gasteiger partial charge < -0.3 is 4.90 Å². The lowest BCUT2D eigenvalue weighted by molar-refractivity contribution is 0.0628. The van der Waals surface area contributed by atoms with Crippen LogP contribution in [0.15, 0.2) is 41.1 Å². The third-order valence-corrected chi connectivity index (χ3v) is 4.62. The Kier molecular flexibility index (Phi) is 4.52. The molecule has 0 aliphatic carbocycles. The molecular formula is C17H17N3OS. The molecule has 5 heteroatoms. The van der Waals surface area contributed by atoms with Gasteiger partial charge in [0.05, 0.1) is 11.6 Å². The molecule has 1 aliphatic heterocycles. The van der Waals surface area contributed by atoms with E-state index in [1.807, 2.05) is 4.90 Å². The molecule has 0 atom stereocenters. The molecule has 1 amide bonds. The maximum absolute atomic E-state index is 12.5. The molecule has 0 saturated carbocycles. The molecule has 2 aromatic rings. The predicted molar refractivity (Wildman–Crippen MR) is 86.7 cm³/mol. The highest BCUT2D eigenvalue weighted by Crippen LogP contribution is 2.14. The Morgan fingerprint density at radius 2 is 2.05 bits per heavy atom. The Hall–Kier alpha value is -2.16. The minimum absolute atomic E-state index is 0.0206. The molecule has 0 bridgehead atoms. The summed E-state index contributed by atoms with van der Waals surface area (Å²) in [5, 5.41) is 13.2. The number of hydrogen-bond donors (Lipinski definition) is 0. The molecule has 112 valence electrons. The molecule has 0 N–H and O–H groups in total. The minimum Gasteiger partial charge on any atom is -0.336 e. The third kappa shape index (κ3) is 3.35. The minimum atomic E-state index is 0.0206. The first-order chi connectivity index (χ1) is 10.8. The Balaban J connectivity index is 1.58.